The van der Waals surface area contributed by atoms with E-state index in [1.54, 1.807) is 6.07 Å². The highest BCUT2D eigenvalue weighted by Crippen LogP contribution is 2.37. The van der Waals surface area contributed by atoms with Gasteiger partial charge in [-0.15, -0.1) is 0 Å². The third-order valence-corrected chi connectivity index (χ3v) is 2.54. The lowest BCUT2D eigenvalue weighted by atomic mass is 9.97. The molecular weight excluding hydrogens is 260 g/mol. The van der Waals surface area contributed by atoms with Crippen molar-refractivity contribution in [1.29, 1.82) is 5.26 Å². The van der Waals surface area contributed by atoms with Gasteiger partial charge in [0.15, 0.2) is 0 Å². The Balaban J connectivity index is 2.75. The molecule has 0 spiro atoms. The number of rotatable bonds is 1. The van der Waals surface area contributed by atoms with Crippen molar-refractivity contribution in [2.45, 2.75) is 6.18 Å². The molecule has 0 fully saturated rings. The standard InChI is InChI=1S/C13H6F4N2/c14-12-3-1-2-8(9(12)6-18)10-7-19-5-4-11(10)13(15,16)17/h1-5,7H. The molecule has 6 heteroatoms. The van der Waals surface area contributed by atoms with E-state index >= 15 is 0 Å². The summed E-state index contributed by atoms with van der Waals surface area (Å²) in [6, 6.07) is 5.89. The van der Waals surface area contributed by atoms with Gasteiger partial charge in [-0.25, -0.2) is 4.39 Å². The number of benzene rings is 1. The topological polar surface area (TPSA) is 36.7 Å². The van der Waals surface area contributed by atoms with Gasteiger partial charge in [0, 0.05) is 23.5 Å². The van der Waals surface area contributed by atoms with Crippen LogP contribution in [0.1, 0.15) is 11.1 Å². The first-order chi connectivity index (χ1) is 8.95. The number of aromatic nitrogens is 1. The highest BCUT2D eigenvalue weighted by atomic mass is 19.4. The van der Waals surface area contributed by atoms with E-state index in [-0.39, 0.29) is 11.1 Å². The summed E-state index contributed by atoms with van der Waals surface area (Å²) in [6.07, 6.45) is -2.63. The van der Waals surface area contributed by atoms with E-state index < -0.39 is 23.1 Å². The summed E-state index contributed by atoms with van der Waals surface area (Å²) in [5, 5.41) is 8.86. The Morgan fingerprint density at radius 2 is 1.84 bits per heavy atom. The second kappa shape index (κ2) is 4.69. The summed E-state index contributed by atoms with van der Waals surface area (Å²) < 4.78 is 52.0. The van der Waals surface area contributed by atoms with Gasteiger partial charge in [-0.2, -0.15) is 18.4 Å². The summed E-state index contributed by atoms with van der Waals surface area (Å²) in [5.74, 6) is -0.864. The molecular formula is C13H6F4N2. The lowest BCUT2D eigenvalue weighted by Crippen LogP contribution is -2.08. The molecule has 19 heavy (non-hydrogen) atoms. The molecule has 1 aromatic heterocycles. The van der Waals surface area contributed by atoms with Gasteiger partial charge in [0.05, 0.1) is 11.1 Å². The average Bonchev–Trinajstić information content (AvgIpc) is 2.37. The van der Waals surface area contributed by atoms with E-state index in [9.17, 15) is 17.6 Å². The lowest BCUT2D eigenvalue weighted by molar-refractivity contribution is -0.137. The summed E-state index contributed by atoms with van der Waals surface area (Å²) in [5.41, 5.74) is -1.82. The Hall–Kier alpha value is -2.42. The highest BCUT2D eigenvalue weighted by molar-refractivity contribution is 5.73. The maximum absolute atomic E-state index is 13.4. The van der Waals surface area contributed by atoms with Crippen LogP contribution in [0.3, 0.4) is 0 Å². The summed E-state index contributed by atoms with van der Waals surface area (Å²) in [6.45, 7) is 0. The molecule has 2 aromatic rings. The fraction of sp³-hybridized carbons (Fsp3) is 0.0769. The minimum Gasteiger partial charge on any atom is -0.264 e. The van der Waals surface area contributed by atoms with E-state index in [1.165, 1.54) is 12.1 Å². The smallest absolute Gasteiger partial charge is 0.264 e. The molecule has 2 nitrogen and oxygen atoms in total. The van der Waals surface area contributed by atoms with Crippen molar-refractivity contribution in [3.05, 3.63) is 53.6 Å². The van der Waals surface area contributed by atoms with Gasteiger partial charge < -0.3 is 0 Å². The van der Waals surface area contributed by atoms with E-state index in [0.29, 0.717) is 0 Å². The Bertz CT molecular complexity index is 656. The minimum absolute atomic E-state index is 0.122. The van der Waals surface area contributed by atoms with Crippen LogP contribution in [0.4, 0.5) is 17.6 Å². The second-order valence-electron chi connectivity index (χ2n) is 3.69. The van der Waals surface area contributed by atoms with Gasteiger partial charge in [-0.1, -0.05) is 12.1 Å². The number of alkyl halides is 3. The molecule has 0 aliphatic carbocycles. The Labute approximate surface area is 105 Å². The number of halogens is 4. The van der Waals surface area contributed by atoms with Crippen molar-refractivity contribution < 1.29 is 17.6 Å². The SMILES string of the molecule is N#Cc1c(F)cccc1-c1cnccc1C(F)(F)F. The van der Waals surface area contributed by atoms with Crippen molar-refractivity contribution in [2.75, 3.05) is 0 Å². The fourth-order valence-corrected chi connectivity index (χ4v) is 1.72. The van der Waals surface area contributed by atoms with Crippen LogP contribution < -0.4 is 0 Å². The quantitative estimate of drug-likeness (QED) is 0.736. The first kappa shape index (κ1) is 13.0. The molecule has 0 aliphatic rings. The summed E-state index contributed by atoms with van der Waals surface area (Å²) >= 11 is 0. The maximum atomic E-state index is 13.4. The van der Waals surface area contributed by atoms with Gasteiger partial charge >= 0.3 is 6.18 Å². The number of nitriles is 1. The number of pyridine rings is 1. The Kier molecular flexibility index (Phi) is 3.21. The minimum atomic E-state index is -4.60. The van der Waals surface area contributed by atoms with E-state index in [2.05, 4.69) is 4.98 Å². The molecule has 0 unspecified atom stereocenters. The van der Waals surface area contributed by atoms with Crippen LogP contribution in [0.2, 0.25) is 0 Å². The van der Waals surface area contributed by atoms with Crippen LogP contribution in [-0.2, 0) is 6.18 Å². The summed E-state index contributed by atoms with van der Waals surface area (Å²) in [4.78, 5) is 3.61. The molecule has 0 atom stereocenters. The van der Waals surface area contributed by atoms with Crippen molar-refractivity contribution in [2.24, 2.45) is 0 Å². The van der Waals surface area contributed by atoms with Gasteiger partial charge in [-0.05, 0) is 12.1 Å². The molecule has 1 heterocycles. The molecule has 2 rings (SSSR count). The first-order valence-electron chi connectivity index (χ1n) is 5.15. The van der Waals surface area contributed by atoms with Crippen LogP contribution in [0.15, 0.2) is 36.7 Å². The van der Waals surface area contributed by atoms with Crippen LogP contribution in [0, 0.1) is 17.1 Å². The van der Waals surface area contributed by atoms with E-state index in [0.717, 1.165) is 24.5 Å². The zero-order chi connectivity index (χ0) is 14.0. The number of hydrogen-bond acceptors (Lipinski definition) is 2. The van der Waals surface area contributed by atoms with E-state index in [1.807, 2.05) is 0 Å². The normalized spacial score (nSPS) is 11.1. The fourth-order valence-electron chi connectivity index (χ4n) is 1.72. The second-order valence-corrected chi connectivity index (χ2v) is 3.69. The molecule has 0 N–H and O–H groups in total. The van der Waals surface area contributed by atoms with Gasteiger partial charge in [0.25, 0.3) is 0 Å². The predicted molar refractivity (Wildman–Crippen MR) is 59.3 cm³/mol. The molecule has 96 valence electrons. The Morgan fingerprint density at radius 1 is 1.11 bits per heavy atom. The maximum Gasteiger partial charge on any atom is 0.417 e. The zero-order valence-electron chi connectivity index (χ0n) is 9.37. The van der Waals surface area contributed by atoms with Gasteiger partial charge in [0.2, 0.25) is 0 Å². The van der Waals surface area contributed by atoms with Crippen molar-refractivity contribution >= 4 is 0 Å². The van der Waals surface area contributed by atoms with Crippen LogP contribution in [0.5, 0.6) is 0 Å². The molecule has 1 aromatic carbocycles. The third-order valence-electron chi connectivity index (χ3n) is 2.54. The molecule has 0 saturated heterocycles. The molecule has 0 bridgehead atoms. The first-order valence-corrected chi connectivity index (χ1v) is 5.15. The highest BCUT2D eigenvalue weighted by Gasteiger charge is 2.34. The lowest BCUT2D eigenvalue weighted by Gasteiger charge is -2.13. The molecule has 0 saturated carbocycles. The molecule has 0 amide bonds. The Morgan fingerprint density at radius 3 is 2.47 bits per heavy atom. The number of nitrogens with zero attached hydrogens (tertiary/aromatic N) is 2. The molecule has 0 aliphatic heterocycles. The zero-order valence-corrected chi connectivity index (χ0v) is 9.37. The van der Waals surface area contributed by atoms with E-state index in [4.69, 9.17) is 5.26 Å². The number of hydrogen-bond donors (Lipinski definition) is 0. The van der Waals surface area contributed by atoms with Crippen molar-refractivity contribution in [1.82, 2.24) is 4.98 Å². The monoisotopic (exact) mass is 266 g/mol. The van der Waals surface area contributed by atoms with Crippen molar-refractivity contribution in [3.8, 4) is 17.2 Å². The third kappa shape index (κ3) is 2.40. The largest absolute Gasteiger partial charge is 0.417 e. The van der Waals surface area contributed by atoms with Gasteiger partial charge in [-0.3, -0.25) is 4.98 Å². The van der Waals surface area contributed by atoms with Crippen LogP contribution >= 0.6 is 0 Å². The van der Waals surface area contributed by atoms with Crippen molar-refractivity contribution in [3.63, 3.8) is 0 Å². The predicted octanol–water partition coefficient (Wildman–Crippen LogP) is 3.78. The average molecular weight is 266 g/mol. The molecule has 0 radical (unpaired) electrons. The van der Waals surface area contributed by atoms with Crippen LogP contribution in [-0.4, -0.2) is 4.98 Å². The summed E-state index contributed by atoms with van der Waals surface area (Å²) in [7, 11) is 0. The van der Waals surface area contributed by atoms with Crippen LogP contribution in [0.25, 0.3) is 11.1 Å². The van der Waals surface area contributed by atoms with Gasteiger partial charge in [0.1, 0.15) is 11.9 Å².